The van der Waals surface area contributed by atoms with Gasteiger partial charge in [-0.2, -0.15) is 0 Å². The van der Waals surface area contributed by atoms with Crippen LogP contribution < -0.4 is 0 Å². The number of aliphatic carboxylic acids is 1. The molecule has 6 heteroatoms. The van der Waals surface area contributed by atoms with Crippen molar-refractivity contribution in [1.82, 2.24) is 0 Å². The summed E-state index contributed by atoms with van der Waals surface area (Å²) in [6, 6.07) is 1.75. The standard InChI is InChI=1S/C9H9BrO4S/c1-5-2-7(15-9(5)10)6(11)3-14-4-8(12)13/h2H,3-4H2,1H3,(H,12,13). The molecular formula is C9H9BrO4S. The summed E-state index contributed by atoms with van der Waals surface area (Å²) in [5.41, 5.74) is 0.988. The van der Waals surface area contributed by atoms with Gasteiger partial charge in [-0.05, 0) is 34.5 Å². The average Bonchev–Trinajstić information content (AvgIpc) is 2.46. The summed E-state index contributed by atoms with van der Waals surface area (Å²) in [6.45, 7) is 1.24. The molecule has 1 heterocycles. The van der Waals surface area contributed by atoms with E-state index in [2.05, 4.69) is 15.9 Å². The normalized spacial score (nSPS) is 10.3. The highest BCUT2D eigenvalue weighted by atomic mass is 79.9. The molecule has 1 rings (SSSR count). The molecule has 1 N–H and O–H groups in total. The zero-order chi connectivity index (χ0) is 11.4. The number of ketones is 1. The van der Waals surface area contributed by atoms with Crippen LogP contribution in [0.4, 0.5) is 0 Å². The van der Waals surface area contributed by atoms with Crippen molar-refractivity contribution >= 4 is 39.0 Å². The van der Waals surface area contributed by atoms with E-state index in [0.29, 0.717) is 4.88 Å². The minimum Gasteiger partial charge on any atom is -0.480 e. The number of aryl methyl sites for hydroxylation is 1. The molecule has 0 spiro atoms. The Labute approximate surface area is 99.0 Å². The fraction of sp³-hybridized carbons (Fsp3) is 0.333. The number of hydrogen-bond donors (Lipinski definition) is 1. The molecule has 1 aromatic rings. The minimum absolute atomic E-state index is 0.196. The van der Waals surface area contributed by atoms with E-state index in [1.54, 1.807) is 6.07 Å². The summed E-state index contributed by atoms with van der Waals surface area (Å²) < 4.78 is 5.61. The van der Waals surface area contributed by atoms with Gasteiger partial charge in [0.1, 0.15) is 13.2 Å². The maximum absolute atomic E-state index is 11.5. The van der Waals surface area contributed by atoms with Crippen molar-refractivity contribution in [3.63, 3.8) is 0 Å². The molecule has 82 valence electrons. The zero-order valence-electron chi connectivity index (χ0n) is 7.95. The van der Waals surface area contributed by atoms with Crippen LogP contribution in [0.2, 0.25) is 0 Å². The maximum Gasteiger partial charge on any atom is 0.329 e. The van der Waals surface area contributed by atoms with Crippen LogP contribution >= 0.6 is 27.3 Å². The first-order chi connectivity index (χ1) is 7.00. The number of carbonyl (C=O) groups is 2. The van der Waals surface area contributed by atoms with Crippen molar-refractivity contribution in [3.8, 4) is 0 Å². The van der Waals surface area contributed by atoms with Gasteiger partial charge >= 0.3 is 5.97 Å². The van der Waals surface area contributed by atoms with Crippen LogP contribution in [0.3, 0.4) is 0 Å². The molecule has 0 radical (unpaired) electrons. The first-order valence-electron chi connectivity index (χ1n) is 4.09. The highest BCUT2D eigenvalue weighted by Crippen LogP contribution is 2.27. The van der Waals surface area contributed by atoms with Crippen LogP contribution in [0.1, 0.15) is 15.2 Å². The van der Waals surface area contributed by atoms with Gasteiger partial charge in [0.05, 0.1) is 8.66 Å². The second-order valence-electron chi connectivity index (χ2n) is 2.88. The van der Waals surface area contributed by atoms with Crippen molar-refractivity contribution in [2.45, 2.75) is 6.92 Å². The summed E-state index contributed by atoms with van der Waals surface area (Å²) in [5.74, 6) is -1.28. The monoisotopic (exact) mass is 292 g/mol. The molecule has 4 nitrogen and oxygen atoms in total. The van der Waals surface area contributed by atoms with Gasteiger partial charge in [-0.25, -0.2) is 4.79 Å². The van der Waals surface area contributed by atoms with Crippen LogP contribution in [0, 0.1) is 6.92 Å². The summed E-state index contributed by atoms with van der Waals surface area (Å²) in [4.78, 5) is 22.2. The van der Waals surface area contributed by atoms with Crippen molar-refractivity contribution in [3.05, 3.63) is 20.3 Å². The van der Waals surface area contributed by atoms with E-state index < -0.39 is 12.6 Å². The summed E-state index contributed by atoms with van der Waals surface area (Å²) >= 11 is 4.63. The largest absolute Gasteiger partial charge is 0.480 e. The summed E-state index contributed by atoms with van der Waals surface area (Å²) in [6.07, 6.45) is 0. The number of carbonyl (C=O) groups excluding carboxylic acids is 1. The van der Waals surface area contributed by atoms with E-state index in [0.717, 1.165) is 9.35 Å². The Morgan fingerprint density at radius 2 is 2.20 bits per heavy atom. The maximum atomic E-state index is 11.5. The van der Waals surface area contributed by atoms with Crippen molar-refractivity contribution in [2.75, 3.05) is 13.2 Å². The van der Waals surface area contributed by atoms with Crippen molar-refractivity contribution < 1.29 is 19.4 Å². The van der Waals surface area contributed by atoms with Gasteiger partial charge in [0.25, 0.3) is 0 Å². The number of ether oxygens (including phenoxy) is 1. The van der Waals surface area contributed by atoms with E-state index in [1.807, 2.05) is 6.92 Å². The van der Waals surface area contributed by atoms with Crippen LogP contribution in [-0.4, -0.2) is 30.1 Å². The average molecular weight is 293 g/mol. The van der Waals surface area contributed by atoms with Crippen LogP contribution in [-0.2, 0) is 9.53 Å². The number of halogens is 1. The van der Waals surface area contributed by atoms with Gasteiger partial charge in [-0.15, -0.1) is 11.3 Å². The molecular weight excluding hydrogens is 284 g/mol. The Balaban J connectivity index is 2.50. The quantitative estimate of drug-likeness (QED) is 0.844. The van der Waals surface area contributed by atoms with Gasteiger partial charge in [-0.3, -0.25) is 4.79 Å². The number of carboxylic acids is 1. The SMILES string of the molecule is Cc1cc(C(=O)COCC(=O)O)sc1Br. The first kappa shape index (κ1) is 12.4. The molecule has 0 aliphatic heterocycles. The molecule has 0 amide bonds. The van der Waals surface area contributed by atoms with Gasteiger partial charge in [0.2, 0.25) is 0 Å². The topological polar surface area (TPSA) is 63.6 Å². The number of hydrogen-bond acceptors (Lipinski definition) is 4. The molecule has 0 aliphatic rings. The van der Waals surface area contributed by atoms with E-state index >= 15 is 0 Å². The Kier molecular flexibility index (Phi) is 4.44. The number of carboxylic acid groups (broad SMARTS) is 1. The molecule has 0 aromatic carbocycles. The molecule has 0 saturated heterocycles. The molecule has 0 unspecified atom stereocenters. The van der Waals surface area contributed by atoms with Crippen LogP contribution in [0.5, 0.6) is 0 Å². The third-order valence-electron chi connectivity index (χ3n) is 1.59. The summed E-state index contributed by atoms with van der Waals surface area (Å²) in [5, 5.41) is 8.30. The Hall–Kier alpha value is -0.720. The van der Waals surface area contributed by atoms with E-state index in [1.165, 1.54) is 11.3 Å². The molecule has 0 bridgehead atoms. The molecule has 0 atom stereocenters. The molecule has 0 saturated carbocycles. The Morgan fingerprint density at radius 1 is 1.53 bits per heavy atom. The Morgan fingerprint density at radius 3 is 2.67 bits per heavy atom. The first-order valence-corrected chi connectivity index (χ1v) is 5.70. The zero-order valence-corrected chi connectivity index (χ0v) is 10.4. The highest BCUT2D eigenvalue weighted by Gasteiger charge is 2.11. The predicted molar refractivity (Wildman–Crippen MR) is 59.5 cm³/mol. The molecule has 0 aliphatic carbocycles. The van der Waals surface area contributed by atoms with Gasteiger partial charge in [-0.1, -0.05) is 0 Å². The molecule has 1 aromatic heterocycles. The summed E-state index contributed by atoms with van der Waals surface area (Å²) in [7, 11) is 0. The van der Waals surface area contributed by atoms with E-state index in [9.17, 15) is 9.59 Å². The van der Waals surface area contributed by atoms with Crippen LogP contribution in [0.25, 0.3) is 0 Å². The fourth-order valence-electron chi connectivity index (χ4n) is 0.899. The number of thiophene rings is 1. The Bertz CT molecular complexity index is 366. The lowest BCUT2D eigenvalue weighted by molar-refractivity contribution is -0.141. The second kappa shape index (κ2) is 5.39. The number of Topliss-reactive ketones (excluding diaryl/α,β-unsaturated/α-hetero) is 1. The molecule has 0 fully saturated rings. The van der Waals surface area contributed by atoms with E-state index in [-0.39, 0.29) is 12.4 Å². The van der Waals surface area contributed by atoms with Gasteiger partial charge in [0, 0.05) is 0 Å². The second-order valence-corrected chi connectivity index (χ2v) is 5.25. The van der Waals surface area contributed by atoms with Crippen molar-refractivity contribution in [2.24, 2.45) is 0 Å². The lowest BCUT2D eigenvalue weighted by Gasteiger charge is -1.97. The third-order valence-corrected chi connectivity index (χ3v) is 3.77. The lowest BCUT2D eigenvalue weighted by atomic mass is 10.3. The van der Waals surface area contributed by atoms with Crippen molar-refractivity contribution in [1.29, 1.82) is 0 Å². The number of rotatable bonds is 5. The smallest absolute Gasteiger partial charge is 0.329 e. The minimum atomic E-state index is -1.08. The fourth-order valence-corrected chi connectivity index (χ4v) is 2.36. The predicted octanol–water partition coefficient (Wildman–Crippen LogP) is 2.10. The van der Waals surface area contributed by atoms with E-state index in [4.69, 9.17) is 9.84 Å². The van der Waals surface area contributed by atoms with Gasteiger partial charge < -0.3 is 9.84 Å². The lowest BCUT2D eigenvalue weighted by Crippen LogP contribution is -2.13. The highest BCUT2D eigenvalue weighted by molar-refractivity contribution is 9.11. The van der Waals surface area contributed by atoms with Crippen LogP contribution in [0.15, 0.2) is 9.85 Å². The van der Waals surface area contributed by atoms with Gasteiger partial charge in [0.15, 0.2) is 5.78 Å². The molecule has 15 heavy (non-hydrogen) atoms. The third kappa shape index (κ3) is 3.73.